The highest BCUT2D eigenvalue weighted by Crippen LogP contribution is 2.24. The maximum Gasteiger partial charge on any atom is 0.251 e. The van der Waals surface area contributed by atoms with Gasteiger partial charge in [-0.05, 0) is 30.2 Å². The van der Waals surface area contributed by atoms with Crippen molar-refractivity contribution in [2.24, 2.45) is 0 Å². The van der Waals surface area contributed by atoms with Crippen molar-refractivity contribution >= 4 is 5.91 Å². The third-order valence-corrected chi connectivity index (χ3v) is 4.11. The van der Waals surface area contributed by atoms with Crippen LogP contribution in [0.1, 0.15) is 35.4 Å². The van der Waals surface area contributed by atoms with E-state index >= 15 is 0 Å². The molecule has 0 aliphatic carbocycles. The van der Waals surface area contributed by atoms with E-state index in [0.29, 0.717) is 5.56 Å². The Kier molecular flexibility index (Phi) is 4.70. The molecule has 1 amide bonds. The minimum Gasteiger partial charge on any atom is -0.355 e. The van der Waals surface area contributed by atoms with Crippen molar-refractivity contribution in [2.75, 3.05) is 7.05 Å². The van der Waals surface area contributed by atoms with Gasteiger partial charge < -0.3 is 9.88 Å². The van der Waals surface area contributed by atoms with E-state index in [1.165, 1.54) is 0 Å². The molecule has 3 rings (SSSR count). The van der Waals surface area contributed by atoms with E-state index in [0.717, 1.165) is 23.2 Å². The van der Waals surface area contributed by atoms with Gasteiger partial charge in [-0.2, -0.15) is 0 Å². The fraction of sp³-hybridized carbons (Fsp3) is 0.211. The smallest absolute Gasteiger partial charge is 0.251 e. The van der Waals surface area contributed by atoms with Gasteiger partial charge >= 0.3 is 0 Å². The molecule has 5 heteroatoms. The fourth-order valence-electron chi connectivity index (χ4n) is 2.76. The van der Waals surface area contributed by atoms with Crippen LogP contribution in [0.3, 0.4) is 0 Å². The van der Waals surface area contributed by atoms with E-state index in [4.69, 9.17) is 0 Å². The lowest BCUT2D eigenvalue weighted by Crippen LogP contribution is -2.17. The predicted octanol–water partition coefficient (Wildman–Crippen LogP) is 3.30. The topological polar surface area (TPSA) is 59.8 Å². The second-order valence-corrected chi connectivity index (χ2v) is 5.56. The summed E-state index contributed by atoms with van der Waals surface area (Å²) in [5.41, 5.74) is 3.73. The number of pyridine rings is 1. The first kappa shape index (κ1) is 15.9. The molecular weight excluding hydrogens is 300 g/mol. The first-order chi connectivity index (χ1) is 11.7. The maximum atomic E-state index is 11.6. The number of hydrogen-bond donors (Lipinski definition) is 1. The largest absolute Gasteiger partial charge is 0.355 e. The monoisotopic (exact) mass is 320 g/mol. The van der Waals surface area contributed by atoms with Crippen molar-refractivity contribution in [2.45, 2.75) is 19.4 Å². The van der Waals surface area contributed by atoms with Gasteiger partial charge in [-0.25, -0.2) is 4.98 Å². The fourth-order valence-corrected chi connectivity index (χ4v) is 2.76. The number of aromatic nitrogens is 3. The molecular formula is C19H20N4O. The van der Waals surface area contributed by atoms with Crippen LogP contribution in [0.4, 0.5) is 0 Å². The molecule has 2 heterocycles. The van der Waals surface area contributed by atoms with Crippen molar-refractivity contribution in [3.63, 3.8) is 0 Å². The SMILES string of the molecule is CCC(c1ccc(-c2ccc(C(=O)NC)cc2)cn1)n1ccnc1. The molecule has 0 saturated heterocycles. The Labute approximate surface area is 141 Å². The Morgan fingerprint density at radius 3 is 2.46 bits per heavy atom. The summed E-state index contributed by atoms with van der Waals surface area (Å²) in [6.07, 6.45) is 8.39. The Morgan fingerprint density at radius 2 is 1.92 bits per heavy atom. The van der Waals surface area contributed by atoms with Crippen molar-refractivity contribution in [1.82, 2.24) is 19.9 Å². The molecule has 2 aromatic heterocycles. The van der Waals surface area contributed by atoms with E-state index < -0.39 is 0 Å². The summed E-state index contributed by atoms with van der Waals surface area (Å²) in [5, 5.41) is 2.62. The van der Waals surface area contributed by atoms with E-state index in [1.54, 1.807) is 13.2 Å². The van der Waals surface area contributed by atoms with Gasteiger partial charge in [0, 0.05) is 36.8 Å². The lowest BCUT2D eigenvalue weighted by atomic mass is 10.0. The Hall–Kier alpha value is -2.95. The zero-order valence-electron chi connectivity index (χ0n) is 13.8. The van der Waals surface area contributed by atoms with Gasteiger partial charge in [0.2, 0.25) is 0 Å². The van der Waals surface area contributed by atoms with Gasteiger partial charge in [0.15, 0.2) is 0 Å². The number of rotatable bonds is 5. The molecule has 24 heavy (non-hydrogen) atoms. The first-order valence-corrected chi connectivity index (χ1v) is 7.99. The third-order valence-electron chi connectivity index (χ3n) is 4.11. The molecule has 3 aromatic rings. The quantitative estimate of drug-likeness (QED) is 0.784. The number of nitrogens with one attached hydrogen (secondary N) is 1. The van der Waals surface area contributed by atoms with Crippen molar-refractivity contribution in [3.05, 3.63) is 72.6 Å². The molecule has 1 atom stereocenters. The van der Waals surface area contributed by atoms with Crippen LogP contribution in [0, 0.1) is 0 Å². The molecule has 0 saturated carbocycles. The summed E-state index contributed by atoms with van der Waals surface area (Å²) in [4.78, 5) is 20.3. The highest BCUT2D eigenvalue weighted by atomic mass is 16.1. The molecule has 0 aliphatic heterocycles. The normalized spacial score (nSPS) is 11.9. The summed E-state index contributed by atoms with van der Waals surface area (Å²) in [6.45, 7) is 2.14. The number of carbonyl (C=O) groups is 1. The number of carbonyl (C=O) groups excluding carboxylic acids is 1. The standard InChI is InChI=1S/C19H20N4O/c1-3-18(23-11-10-21-13-23)17-9-8-16(12-22-17)14-4-6-15(7-5-14)19(24)20-2/h4-13,18H,3H2,1-2H3,(H,20,24). The molecule has 0 radical (unpaired) electrons. The molecule has 1 N–H and O–H groups in total. The van der Waals surface area contributed by atoms with Gasteiger partial charge in [0.25, 0.3) is 5.91 Å². The molecule has 1 aromatic carbocycles. The van der Waals surface area contributed by atoms with Crippen LogP contribution in [-0.4, -0.2) is 27.5 Å². The molecule has 0 bridgehead atoms. The first-order valence-electron chi connectivity index (χ1n) is 7.99. The third kappa shape index (κ3) is 3.20. The lowest BCUT2D eigenvalue weighted by molar-refractivity contribution is 0.0963. The molecule has 0 aliphatic rings. The van der Waals surface area contributed by atoms with Crippen LogP contribution in [0.25, 0.3) is 11.1 Å². The van der Waals surface area contributed by atoms with Gasteiger partial charge in [-0.3, -0.25) is 9.78 Å². The van der Waals surface area contributed by atoms with Gasteiger partial charge in [-0.1, -0.05) is 25.1 Å². The van der Waals surface area contributed by atoms with Crippen molar-refractivity contribution < 1.29 is 4.79 Å². The van der Waals surface area contributed by atoms with E-state index in [2.05, 4.69) is 38.9 Å². The van der Waals surface area contributed by atoms with Crippen LogP contribution in [0.15, 0.2) is 61.3 Å². The molecule has 122 valence electrons. The van der Waals surface area contributed by atoms with Crippen molar-refractivity contribution in [1.29, 1.82) is 0 Å². The average molecular weight is 320 g/mol. The number of imidazole rings is 1. The predicted molar refractivity (Wildman–Crippen MR) is 93.7 cm³/mol. The number of hydrogen-bond acceptors (Lipinski definition) is 3. The van der Waals surface area contributed by atoms with Crippen LogP contribution in [0.2, 0.25) is 0 Å². The minimum atomic E-state index is -0.0823. The minimum absolute atomic E-state index is 0.0823. The lowest BCUT2D eigenvalue weighted by Gasteiger charge is -2.16. The highest BCUT2D eigenvalue weighted by molar-refractivity contribution is 5.94. The van der Waals surface area contributed by atoms with E-state index in [-0.39, 0.29) is 11.9 Å². The second-order valence-electron chi connectivity index (χ2n) is 5.56. The zero-order valence-corrected chi connectivity index (χ0v) is 13.8. The van der Waals surface area contributed by atoms with Gasteiger partial charge in [0.1, 0.15) is 0 Å². The Bertz CT molecular complexity index is 792. The summed E-state index contributed by atoms with van der Waals surface area (Å²) < 4.78 is 2.07. The number of benzene rings is 1. The average Bonchev–Trinajstić information content (AvgIpc) is 3.17. The maximum absolute atomic E-state index is 11.6. The van der Waals surface area contributed by atoms with Crippen molar-refractivity contribution in [3.8, 4) is 11.1 Å². The zero-order chi connectivity index (χ0) is 16.9. The van der Waals surface area contributed by atoms with Crippen LogP contribution in [0.5, 0.6) is 0 Å². The van der Waals surface area contributed by atoms with E-state index in [1.807, 2.05) is 43.0 Å². The van der Waals surface area contributed by atoms with Crippen LogP contribution >= 0.6 is 0 Å². The highest BCUT2D eigenvalue weighted by Gasteiger charge is 2.12. The number of amides is 1. The van der Waals surface area contributed by atoms with Crippen LogP contribution < -0.4 is 5.32 Å². The molecule has 1 unspecified atom stereocenters. The molecule has 0 fully saturated rings. The van der Waals surface area contributed by atoms with Gasteiger partial charge in [-0.15, -0.1) is 0 Å². The second kappa shape index (κ2) is 7.08. The summed E-state index contributed by atoms with van der Waals surface area (Å²) in [7, 11) is 1.63. The summed E-state index contributed by atoms with van der Waals surface area (Å²) in [5.74, 6) is -0.0823. The van der Waals surface area contributed by atoms with E-state index in [9.17, 15) is 4.79 Å². The Morgan fingerprint density at radius 1 is 1.17 bits per heavy atom. The molecule has 0 spiro atoms. The summed E-state index contributed by atoms with van der Waals surface area (Å²) >= 11 is 0. The van der Waals surface area contributed by atoms with Gasteiger partial charge in [0.05, 0.1) is 18.1 Å². The Balaban J connectivity index is 1.82. The van der Waals surface area contributed by atoms with Crippen LogP contribution in [-0.2, 0) is 0 Å². The summed E-state index contributed by atoms with van der Waals surface area (Å²) in [6, 6.07) is 11.8. The number of nitrogens with zero attached hydrogens (tertiary/aromatic N) is 3. The molecule has 5 nitrogen and oxygen atoms in total.